The average Bonchev–Trinajstić information content (AvgIpc) is 2.29. The lowest BCUT2D eigenvalue weighted by Gasteiger charge is -2.11. The van der Waals surface area contributed by atoms with E-state index >= 15 is 0 Å². The second-order valence-corrected chi connectivity index (χ2v) is 4.06. The molecule has 0 unspecified atom stereocenters. The number of nitro benzene ring substituents is 1. The molecular formula is C12H17FN2O2. The zero-order valence-corrected chi connectivity index (χ0v) is 9.86. The Labute approximate surface area is 99.8 Å². The van der Waals surface area contributed by atoms with Crippen LogP contribution in [0.5, 0.6) is 0 Å². The first-order chi connectivity index (χ1) is 8.06. The molecule has 17 heavy (non-hydrogen) atoms. The first-order valence-corrected chi connectivity index (χ1v) is 5.75. The molecule has 0 saturated carbocycles. The maximum atomic E-state index is 12.9. The van der Waals surface area contributed by atoms with E-state index in [2.05, 4.69) is 6.92 Å². The second-order valence-electron chi connectivity index (χ2n) is 4.06. The van der Waals surface area contributed by atoms with Crippen molar-refractivity contribution in [1.29, 1.82) is 0 Å². The number of benzene rings is 1. The first-order valence-electron chi connectivity index (χ1n) is 5.75. The van der Waals surface area contributed by atoms with Gasteiger partial charge in [-0.25, -0.2) is 4.39 Å². The summed E-state index contributed by atoms with van der Waals surface area (Å²) in [5.41, 5.74) is 6.08. The summed E-state index contributed by atoms with van der Waals surface area (Å²) in [5, 5.41) is 10.8. The van der Waals surface area contributed by atoms with Crippen molar-refractivity contribution >= 4 is 5.69 Å². The van der Waals surface area contributed by atoms with Gasteiger partial charge in [0.2, 0.25) is 0 Å². The van der Waals surface area contributed by atoms with Crippen molar-refractivity contribution in [3.63, 3.8) is 0 Å². The van der Waals surface area contributed by atoms with Gasteiger partial charge < -0.3 is 5.73 Å². The average molecular weight is 240 g/mol. The van der Waals surface area contributed by atoms with Gasteiger partial charge in [-0.05, 0) is 18.6 Å². The van der Waals surface area contributed by atoms with Gasteiger partial charge in [0.15, 0.2) is 0 Å². The van der Waals surface area contributed by atoms with Crippen LogP contribution in [0.1, 0.15) is 44.2 Å². The van der Waals surface area contributed by atoms with E-state index in [0.29, 0.717) is 12.0 Å². The van der Waals surface area contributed by atoms with Gasteiger partial charge in [0.25, 0.3) is 5.69 Å². The molecule has 0 radical (unpaired) electrons. The molecule has 4 nitrogen and oxygen atoms in total. The molecule has 1 aromatic carbocycles. The van der Waals surface area contributed by atoms with E-state index in [1.54, 1.807) is 0 Å². The topological polar surface area (TPSA) is 69.2 Å². The van der Waals surface area contributed by atoms with Crippen molar-refractivity contribution in [3.8, 4) is 0 Å². The van der Waals surface area contributed by atoms with Crippen LogP contribution in [0, 0.1) is 15.9 Å². The number of unbranched alkanes of at least 4 members (excludes halogenated alkanes) is 2. The molecule has 0 heterocycles. The molecular weight excluding hydrogens is 223 g/mol. The molecule has 0 spiro atoms. The molecule has 94 valence electrons. The summed E-state index contributed by atoms with van der Waals surface area (Å²) >= 11 is 0. The zero-order valence-electron chi connectivity index (χ0n) is 9.86. The normalized spacial score (nSPS) is 12.4. The molecule has 0 fully saturated rings. The Balaban J connectivity index is 2.84. The minimum Gasteiger partial charge on any atom is -0.324 e. The van der Waals surface area contributed by atoms with Crippen molar-refractivity contribution in [2.24, 2.45) is 5.73 Å². The van der Waals surface area contributed by atoms with Crippen LogP contribution >= 0.6 is 0 Å². The summed E-state index contributed by atoms with van der Waals surface area (Å²) in [6.07, 6.45) is 3.72. The molecule has 0 saturated heterocycles. The summed E-state index contributed by atoms with van der Waals surface area (Å²) in [4.78, 5) is 10.2. The van der Waals surface area contributed by atoms with Crippen LogP contribution < -0.4 is 5.73 Å². The van der Waals surface area contributed by atoms with E-state index in [1.165, 1.54) is 12.1 Å². The lowest BCUT2D eigenvalue weighted by Crippen LogP contribution is -2.12. The van der Waals surface area contributed by atoms with Crippen LogP contribution in [0.4, 0.5) is 10.1 Å². The maximum absolute atomic E-state index is 12.9. The number of halogens is 1. The van der Waals surface area contributed by atoms with Gasteiger partial charge in [-0.2, -0.15) is 0 Å². The monoisotopic (exact) mass is 240 g/mol. The van der Waals surface area contributed by atoms with Gasteiger partial charge >= 0.3 is 0 Å². The molecule has 1 aromatic rings. The molecule has 0 aliphatic rings. The standard InChI is InChI=1S/C12H17FN2O2/c1-2-3-4-5-11(14)10-7-6-9(13)8-12(10)15(16)17/h6-8,11H,2-5,14H2,1H3/t11-/m0/s1. The highest BCUT2D eigenvalue weighted by Gasteiger charge is 2.19. The number of nitrogens with zero attached hydrogens (tertiary/aromatic N) is 1. The van der Waals surface area contributed by atoms with Crippen LogP contribution in [0.15, 0.2) is 18.2 Å². The molecule has 0 amide bonds. The fraction of sp³-hybridized carbons (Fsp3) is 0.500. The largest absolute Gasteiger partial charge is 0.324 e. The number of hydrogen-bond donors (Lipinski definition) is 1. The fourth-order valence-electron chi connectivity index (χ4n) is 1.76. The van der Waals surface area contributed by atoms with Crippen molar-refractivity contribution in [1.82, 2.24) is 0 Å². The van der Waals surface area contributed by atoms with Crippen LogP contribution in [-0.2, 0) is 0 Å². The highest BCUT2D eigenvalue weighted by Crippen LogP contribution is 2.27. The van der Waals surface area contributed by atoms with Crippen LogP contribution in [0.2, 0.25) is 0 Å². The van der Waals surface area contributed by atoms with E-state index in [9.17, 15) is 14.5 Å². The quantitative estimate of drug-likeness (QED) is 0.471. The van der Waals surface area contributed by atoms with Crippen molar-refractivity contribution in [2.75, 3.05) is 0 Å². The number of nitrogens with two attached hydrogens (primary N) is 1. The number of hydrogen-bond acceptors (Lipinski definition) is 3. The minimum absolute atomic E-state index is 0.228. The number of rotatable bonds is 6. The Morgan fingerprint density at radius 1 is 1.47 bits per heavy atom. The van der Waals surface area contributed by atoms with E-state index in [1.807, 2.05) is 0 Å². The second kappa shape index (κ2) is 6.30. The molecule has 0 aliphatic heterocycles. The van der Waals surface area contributed by atoms with Gasteiger partial charge in [0.05, 0.1) is 11.0 Å². The summed E-state index contributed by atoms with van der Waals surface area (Å²) in [7, 11) is 0. The van der Waals surface area contributed by atoms with Crippen molar-refractivity contribution in [3.05, 3.63) is 39.7 Å². The van der Waals surface area contributed by atoms with E-state index in [4.69, 9.17) is 5.73 Å². The molecule has 0 aliphatic carbocycles. The third-order valence-corrected chi connectivity index (χ3v) is 2.71. The molecule has 5 heteroatoms. The van der Waals surface area contributed by atoms with E-state index in [-0.39, 0.29) is 5.69 Å². The van der Waals surface area contributed by atoms with Gasteiger partial charge in [-0.15, -0.1) is 0 Å². The van der Waals surface area contributed by atoms with Crippen LogP contribution in [-0.4, -0.2) is 4.92 Å². The Morgan fingerprint density at radius 3 is 2.76 bits per heavy atom. The van der Waals surface area contributed by atoms with E-state index in [0.717, 1.165) is 25.3 Å². The highest BCUT2D eigenvalue weighted by molar-refractivity contribution is 5.42. The Hall–Kier alpha value is -1.49. The predicted molar refractivity (Wildman–Crippen MR) is 64.1 cm³/mol. The Morgan fingerprint density at radius 2 is 2.18 bits per heavy atom. The van der Waals surface area contributed by atoms with Crippen LogP contribution in [0.3, 0.4) is 0 Å². The van der Waals surface area contributed by atoms with Crippen molar-refractivity contribution < 1.29 is 9.31 Å². The van der Waals surface area contributed by atoms with Gasteiger partial charge in [-0.3, -0.25) is 10.1 Å². The molecule has 1 rings (SSSR count). The Kier molecular flexibility index (Phi) is 5.03. The summed E-state index contributed by atoms with van der Waals surface area (Å²) < 4.78 is 12.9. The van der Waals surface area contributed by atoms with Crippen LogP contribution in [0.25, 0.3) is 0 Å². The Bertz CT molecular complexity index is 396. The predicted octanol–water partition coefficient (Wildman–Crippen LogP) is 3.31. The van der Waals surface area contributed by atoms with Gasteiger partial charge in [0, 0.05) is 11.6 Å². The van der Waals surface area contributed by atoms with Crippen molar-refractivity contribution in [2.45, 2.75) is 38.6 Å². The minimum atomic E-state index is -0.610. The third-order valence-electron chi connectivity index (χ3n) is 2.71. The lowest BCUT2D eigenvalue weighted by atomic mass is 9.99. The zero-order chi connectivity index (χ0) is 12.8. The fourth-order valence-corrected chi connectivity index (χ4v) is 1.76. The SMILES string of the molecule is CCCCC[C@H](N)c1ccc(F)cc1[N+](=O)[O-]. The van der Waals surface area contributed by atoms with E-state index < -0.39 is 16.8 Å². The molecule has 2 N–H and O–H groups in total. The van der Waals surface area contributed by atoms with Gasteiger partial charge in [0.1, 0.15) is 5.82 Å². The smallest absolute Gasteiger partial charge is 0.277 e. The summed E-state index contributed by atoms with van der Waals surface area (Å²) in [6, 6.07) is 3.14. The summed E-state index contributed by atoms with van der Waals surface area (Å²) in [5.74, 6) is -0.610. The van der Waals surface area contributed by atoms with Gasteiger partial charge in [-0.1, -0.05) is 26.2 Å². The summed E-state index contributed by atoms with van der Waals surface area (Å²) in [6.45, 7) is 2.08. The molecule has 1 atom stereocenters. The molecule has 0 aromatic heterocycles. The number of nitro groups is 1. The first kappa shape index (κ1) is 13.6. The highest BCUT2D eigenvalue weighted by atomic mass is 19.1. The maximum Gasteiger partial charge on any atom is 0.277 e. The lowest BCUT2D eigenvalue weighted by molar-refractivity contribution is -0.385. The molecule has 0 bridgehead atoms. The third kappa shape index (κ3) is 3.78.